The first-order chi connectivity index (χ1) is 14.2. The number of carbonyl (C=O) groups is 1. The highest BCUT2D eigenvalue weighted by molar-refractivity contribution is 7.91. The van der Waals surface area contributed by atoms with E-state index >= 15 is 0 Å². The third-order valence-corrected chi connectivity index (χ3v) is 7.24. The number of rotatable bonds is 5. The van der Waals surface area contributed by atoms with Crippen molar-refractivity contribution >= 4 is 21.6 Å². The first-order valence-corrected chi connectivity index (χ1v) is 11.2. The summed E-state index contributed by atoms with van der Waals surface area (Å²) in [6.07, 6.45) is 0.574. The van der Waals surface area contributed by atoms with Crippen molar-refractivity contribution < 1.29 is 31.5 Å². The van der Waals surface area contributed by atoms with E-state index in [1.165, 1.54) is 13.2 Å². The van der Waals surface area contributed by atoms with Crippen LogP contribution in [0.3, 0.4) is 0 Å². The van der Waals surface area contributed by atoms with Gasteiger partial charge in [-0.25, -0.2) is 13.1 Å². The van der Waals surface area contributed by atoms with E-state index in [0.717, 1.165) is 5.56 Å². The number of nitrogens with zero attached hydrogens (tertiary/aromatic N) is 2. The summed E-state index contributed by atoms with van der Waals surface area (Å²) in [7, 11) is -1.78. The maximum absolute atomic E-state index is 12.6. The van der Waals surface area contributed by atoms with Crippen molar-refractivity contribution in [1.82, 2.24) is 9.78 Å². The van der Waals surface area contributed by atoms with E-state index in [-0.39, 0.29) is 47.3 Å². The Bertz CT molecular complexity index is 1100. The Kier molecular flexibility index (Phi) is 5.16. The molecule has 2 unspecified atom stereocenters. The number of fused-ring (bicyclic) bond motifs is 1. The predicted molar refractivity (Wildman–Crippen MR) is 104 cm³/mol. The van der Waals surface area contributed by atoms with Gasteiger partial charge >= 0.3 is 6.61 Å². The molecule has 0 radical (unpaired) electrons. The monoisotopic (exact) mass is 441 g/mol. The van der Waals surface area contributed by atoms with E-state index in [1.54, 1.807) is 23.7 Å². The van der Waals surface area contributed by atoms with Crippen molar-refractivity contribution in [3.05, 3.63) is 35.0 Å². The lowest BCUT2D eigenvalue weighted by Crippen LogP contribution is -2.26. The molecular weight excluding hydrogens is 420 g/mol. The minimum Gasteiger partial charge on any atom is -0.493 e. The highest BCUT2D eigenvalue weighted by atomic mass is 32.2. The SMILES string of the molecule is COc1cc(C2CC(=O)Nc3c2c(C)nn3C2CCS(=O)(=O)C2)ccc1OC(F)F. The van der Waals surface area contributed by atoms with Crippen LogP contribution in [-0.2, 0) is 14.6 Å². The van der Waals surface area contributed by atoms with Crippen LogP contribution >= 0.6 is 0 Å². The molecule has 2 aromatic rings. The number of methoxy groups -OCH3 is 1. The first-order valence-electron chi connectivity index (χ1n) is 9.40. The molecule has 1 saturated heterocycles. The lowest BCUT2D eigenvalue weighted by Gasteiger charge is -2.26. The van der Waals surface area contributed by atoms with E-state index in [4.69, 9.17) is 4.74 Å². The van der Waals surface area contributed by atoms with E-state index in [1.807, 2.05) is 0 Å². The summed E-state index contributed by atoms with van der Waals surface area (Å²) in [5.74, 6) is -0.0215. The maximum atomic E-state index is 12.6. The van der Waals surface area contributed by atoms with Gasteiger partial charge in [0.05, 0.1) is 30.4 Å². The van der Waals surface area contributed by atoms with Crippen LogP contribution in [0.1, 0.15) is 41.6 Å². The molecule has 162 valence electrons. The quantitative estimate of drug-likeness (QED) is 0.766. The molecule has 3 heterocycles. The van der Waals surface area contributed by atoms with Crippen LogP contribution in [0.15, 0.2) is 18.2 Å². The molecular formula is C19H21F2N3O5S. The van der Waals surface area contributed by atoms with Crippen LogP contribution in [-0.4, -0.2) is 49.3 Å². The Morgan fingerprint density at radius 1 is 1.30 bits per heavy atom. The second-order valence-electron chi connectivity index (χ2n) is 7.44. The normalized spacial score (nSPS) is 22.6. The van der Waals surface area contributed by atoms with Crippen molar-refractivity contribution in [2.45, 2.75) is 38.3 Å². The van der Waals surface area contributed by atoms with Crippen molar-refractivity contribution in [3.8, 4) is 11.5 Å². The Hall–Kier alpha value is -2.69. The molecule has 1 fully saturated rings. The molecule has 2 aliphatic heterocycles. The molecule has 1 aromatic carbocycles. The smallest absolute Gasteiger partial charge is 0.387 e. The molecule has 2 aliphatic rings. The van der Waals surface area contributed by atoms with Crippen molar-refractivity contribution in [2.24, 2.45) is 0 Å². The van der Waals surface area contributed by atoms with Gasteiger partial charge in [0.1, 0.15) is 5.82 Å². The van der Waals surface area contributed by atoms with Gasteiger partial charge in [-0.1, -0.05) is 6.07 Å². The summed E-state index contributed by atoms with van der Waals surface area (Å²) in [6, 6.07) is 4.23. The van der Waals surface area contributed by atoms with Gasteiger partial charge in [-0.3, -0.25) is 4.79 Å². The third-order valence-electron chi connectivity index (χ3n) is 5.49. The van der Waals surface area contributed by atoms with E-state index < -0.39 is 16.4 Å². The first kappa shape index (κ1) is 20.6. The van der Waals surface area contributed by atoms with Crippen molar-refractivity contribution in [2.75, 3.05) is 23.9 Å². The number of sulfone groups is 1. The lowest BCUT2D eigenvalue weighted by atomic mass is 9.85. The number of hydrogen-bond acceptors (Lipinski definition) is 6. The van der Waals surface area contributed by atoms with E-state index in [2.05, 4.69) is 15.2 Å². The van der Waals surface area contributed by atoms with E-state index in [0.29, 0.717) is 23.5 Å². The largest absolute Gasteiger partial charge is 0.493 e. The second-order valence-corrected chi connectivity index (χ2v) is 9.67. The van der Waals surface area contributed by atoms with Crippen molar-refractivity contribution in [3.63, 3.8) is 0 Å². The third kappa shape index (κ3) is 3.73. The van der Waals surface area contributed by atoms with E-state index in [9.17, 15) is 22.0 Å². The van der Waals surface area contributed by atoms with Crippen molar-refractivity contribution in [1.29, 1.82) is 0 Å². The molecule has 30 heavy (non-hydrogen) atoms. The summed E-state index contributed by atoms with van der Waals surface area (Å²) in [5.41, 5.74) is 2.14. The van der Waals surface area contributed by atoms with Gasteiger partial charge in [0.25, 0.3) is 0 Å². The summed E-state index contributed by atoms with van der Waals surface area (Å²) >= 11 is 0. The van der Waals surface area contributed by atoms with Crippen LogP contribution in [0, 0.1) is 6.92 Å². The summed E-state index contributed by atoms with van der Waals surface area (Å²) in [4.78, 5) is 12.5. The fraction of sp³-hybridized carbons (Fsp3) is 0.474. The number of anilines is 1. The van der Waals surface area contributed by atoms with Crippen LogP contribution in [0.5, 0.6) is 11.5 Å². The standard InChI is InChI=1S/C19H21F2N3O5S/c1-10-17-13(11-3-4-14(29-19(20)21)15(7-11)28-2)8-16(25)22-18(17)24(23-10)12-5-6-30(26,27)9-12/h3-4,7,12-13,19H,5-6,8-9H2,1-2H3,(H,22,25). The molecule has 0 spiro atoms. The number of amides is 1. The zero-order chi connectivity index (χ0) is 21.6. The minimum atomic E-state index is -3.13. The zero-order valence-corrected chi connectivity index (χ0v) is 17.2. The Morgan fingerprint density at radius 2 is 2.07 bits per heavy atom. The van der Waals surface area contributed by atoms with Gasteiger partial charge in [-0.2, -0.15) is 13.9 Å². The Morgan fingerprint density at radius 3 is 2.70 bits per heavy atom. The minimum absolute atomic E-state index is 0.0193. The average molecular weight is 441 g/mol. The number of aromatic nitrogens is 2. The molecule has 1 aromatic heterocycles. The fourth-order valence-electron chi connectivity index (χ4n) is 4.18. The molecule has 2 atom stereocenters. The van der Waals surface area contributed by atoms with Gasteiger partial charge in [-0.15, -0.1) is 0 Å². The van der Waals surface area contributed by atoms with Crippen LogP contribution in [0.2, 0.25) is 0 Å². The summed E-state index contributed by atoms with van der Waals surface area (Å²) in [5, 5.41) is 7.36. The maximum Gasteiger partial charge on any atom is 0.387 e. The van der Waals surface area contributed by atoms with Crippen LogP contribution in [0.25, 0.3) is 0 Å². The van der Waals surface area contributed by atoms with Gasteiger partial charge in [0.2, 0.25) is 5.91 Å². The fourth-order valence-corrected chi connectivity index (χ4v) is 5.88. The predicted octanol–water partition coefficient (Wildman–Crippen LogP) is 2.64. The van der Waals surface area contributed by atoms with Crippen LogP contribution in [0.4, 0.5) is 14.6 Å². The average Bonchev–Trinajstić information content (AvgIpc) is 3.20. The number of hydrogen-bond donors (Lipinski definition) is 1. The molecule has 4 rings (SSSR count). The molecule has 0 saturated carbocycles. The summed E-state index contributed by atoms with van der Waals surface area (Å²) < 4.78 is 60.3. The Balaban J connectivity index is 1.75. The molecule has 0 bridgehead atoms. The lowest BCUT2D eigenvalue weighted by molar-refractivity contribution is -0.116. The molecule has 0 aliphatic carbocycles. The highest BCUT2D eigenvalue weighted by Crippen LogP contribution is 2.43. The number of alkyl halides is 2. The molecule has 11 heteroatoms. The number of aryl methyl sites for hydroxylation is 1. The topological polar surface area (TPSA) is 99.5 Å². The molecule has 8 nitrogen and oxygen atoms in total. The Labute approximate surface area is 172 Å². The van der Waals surface area contributed by atoms with Gasteiger partial charge in [0.15, 0.2) is 21.3 Å². The molecule has 1 N–H and O–H groups in total. The summed E-state index contributed by atoms with van der Waals surface area (Å²) in [6.45, 7) is -1.19. The number of ether oxygens (including phenoxy) is 2. The number of carbonyl (C=O) groups excluding carboxylic acids is 1. The zero-order valence-electron chi connectivity index (χ0n) is 16.4. The van der Waals surface area contributed by atoms with Gasteiger partial charge in [0, 0.05) is 17.9 Å². The van der Waals surface area contributed by atoms with Gasteiger partial charge < -0.3 is 14.8 Å². The van der Waals surface area contributed by atoms with Gasteiger partial charge in [-0.05, 0) is 31.0 Å². The number of halogens is 2. The molecule has 1 amide bonds. The highest BCUT2D eigenvalue weighted by Gasteiger charge is 2.37. The second kappa shape index (κ2) is 7.53. The van der Waals surface area contributed by atoms with Crippen LogP contribution < -0.4 is 14.8 Å². The number of benzene rings is 1. The number of nitrogens with one attached hydrogen (secondary N) is 1.